The first-order valence-electron chi connectivity index (χ1n) is 18.2. The molecule has 0 spiro atoms. The fourth-order valence-electron chi connectivity index (χ4n) is 7.39. The lowest BCUT2D eigenvalue weighted by molar-refractivity contribution is -0.137. The van der Waals surface area contributed by atoms with Gasteiger partial charge in [-0.3, -0.25) is 9.36 Å². The Bertz CT molecular complexity index is 2580. The number of hydrogen-bond acceptors (Lipinski definition) is 7. The van der Waals surface area contributed by atoms with Gasteiger partial charge in [0.1, 0.15) is 5.69 Å². The van der Waals surface area contributed by atoms with E-state index in [2.05, 4.69) is 15.7 Å². The van der Waals surface area contributed by atoms with Crippen LogP contribution in [0.4, 0.5) is 18.0 Å². The highest BCUT2D eigenvalue weighted by atomic mass is 32.2. The van der Waals surface area contributed by atoms with Crippen molar-refractivity contribution in [2.45, 2.75) is 76.9 Å². The van der Waals surface area contributed by atoms with Crippen LogP contribution in [0.15, 0.2) is 76.6 Å². The van der Waals surface area contributed by atoms with Gasteiger partial charge in [-0.15, -0.1) is 0 Å². The largest absolute Gasteiger partial charge is 0.416 e. The summed E-state index contributed by atoms with van der Waals surface area (Å²) in [7, 11) is -3.98. The summed E-state index contributed by atoms with van der Waals surface area (Å²) in [5.41, 5.74) is 2.30. The molecule has 17 heteroatoms. The molecule has 2 heterocycles. The average Bonchev–Trinajstić information content (AvgIpc) is 3.75. The highest BCUT2D eigenvalue weighted by Gasteiger charge is 2.33. The molecule has 298 valence electrons. The monoisotopic (exact) mass is 802 g/mol. The zero-order valence-corrected chi connectivity index (χ0v) is 32.5. The molecule has 3 aromatic carbocycles. The number of amides is 2. The van der Waals surface area contributed by atoms with Crippen molar-refractivity contribution in [2.75, 3.05) is 6.54 Å². The molecule has 5 aromatic rings. The molecule has 1 fully saturated rings. The van der Waals surface area contributed by atoms with Crippen molar-refractivity contribution in [2.24, 2.45) is 11.1 Å². The van der Waals surface area contributed by atoms with Gasteiger partial charge in [0.15, 0.2) is 0 Å². The van der Waals surface area contributed by atoms with E-state index < -0.39 is 33.5 Å². The van der Waals surface area contributed by atoms with E-state index in [9.17, 15) is 41.2 Å². The molecular formula is C40H41F3N8O5S. The summed E-state index contributed by atoms with van der Waals surface area (Å²) in [6, 6.07) is 14.7. The van der Waals surface area contributed by atoms with Gasteiger partial charge in [0, 0.05) is 12.6 Å². The first kappa shape index (κ1) is 40.7. The molecule has 0 radical (unpaired) electrons. The van der Waals surface area contributed by atoms with E-state index in [0.29, 0.717) is 60.3 Å². The van der Waals surface area contributed by atoms with E-state index in [1.807, 2.05) is 13.0 Å². The van der Waals surface area contributed by atoms with E-state index in [0.717, 1.165) is 32.4 Å². The first-order chi connectivity index (χ1) is 26.9. The van der Waals surface area contributed by atoms with Gasteiger partial charge < -0.3 is 10.6 Å². The number of halogens is 3. The van der Waals surface area contributed by atoms with Crippen LogP contribution in [0.2, 0.25) is 0 Å². The van der Waals surface area contributed by atoms with E-state index >= 15 is 0 Å². The van der Waals surface area contributed by atoms with Crippen molar-refractivity contribution in [1.29, 1.82) is 5.26 Å². The number of aromatic nitrogens is 4. The van der Waals surface area contributed by atoms with Crippen LogP contribution in [0.1, 0.15) is 64.8 Å². The lowest BCUT2D eigenvalue weighted by Crippen LogP contribution is -2.44. The molecule has 13 nitrogen and oxygen atoms in total. The summed E-state index contributed by atoms with van der Waals surface area (Å²) in [4.78, 5) is 41.3. The number of imidazole rings is 1. The van der Waals surface area contributed by atoms with Crippen molar-refractivity contribution < 1.29 is 31.2 Å². The Morgan fingerprint density at radius 2 is 1.63 bits per heavy atom. The van der Waals surface area contributed by atoms with Crippen molar-refractivity contribution in [3.8, 4) is 28.8 Å². The summed E-state index contributed by atoms with van der Waals surface area (Å²) in [6.07, 6.45) is -0.900. The molecule has 0 unspecified atom stereocenters. The van der Waals surface area contributed by atoms with Crippen LogP contribution >= 0.6 is 0 Å². The average molecular weight is 803 g/mol. The molecule has 4 N–H and O–H groups in total. The number of nitriles is 1. The lowest BCUT2D eigenvalue weighted by Gasteiger charge is -2.29. The van der Waals surface area contributed by atoms with Crippen LogP contribution in [0, 0.1) is 44.9 Å². The molecule has 1 aliphatic carbocycles. The number of primary sulfonamides is 1. The van der Waals surface area contributed by atoms with Crippen molar-refractivity contribution in [1.82, 2.24) is 29.5 Å². The predicted molar refractivity (Wildman–Crippen MR) is 205 cm³/mol. The number of hydrogen-bond donors (Lipinski definition) is 3. The third-order valence-electron chi connectivity index (χ3n) is 10.7. The van der Waals surface area contributed by atoms with Gasteiger partial charge in [-0.25, -0.2) is 32.4 Å². The second kappa shape index (κ2) is 15.9. The fourth-order valence-corrected chi connectivity index (χ4v) is 8.28. The maximum atomic E-state index is 14.2. The van der Waals surface area contributed by atoms with Gasteiger partial charge in [0.05, 0.1) is 57.5 Å². The Kier molecular flexibility index (Phi) is 11.3. The molecule has 6 rings (SSSR count). The quantitative estimate of drug-likeness (QED) is 0.170. The Balaban J connectivity index is 1.21. The molecular weight excluding hydrogens is 762 g/mol. The molecule has 0 saturated heterocycles. The highest BCUT2D eigenvalue weighted by Crippen LogP contribution is 2.33. The predicted octanol–water partition coefficient (Wildman–Crippen LogP) is 5.74. The Labute approximate surface area is 327 Å². The van der Waals surface area contributed by atoms with Gasteiger partial charge in [-0.05, 0) is 136 Å². The summed E-state index contributed by atoms with van der Waals surface area (Å²) in [5.74, 6) is -0.183. The molecule has 57 heavy (non-hydrogen) atoms. The molecule has 1 aliphatic rings. The van der Waals surface area contributed by atoms with E-state index in [1.54, 1.807) is 44.2 Å². The number of nitrogens with zero attached hydrogens (tertiary/aromatic N) is 5. The van der Waals surface area contributed by atoms with Crippen LogP contribution in [0.25, 0.3) is 22.8 Å². The zero-order valence-electron chi connectivity index (χ0n) is 31.6. The molecule has 0 aliphatic heterocycles. The van der Waals surface area contributed by atoms with Gasteiger partial charge in [0.2, 0.25) is 15.9 Å². The SMILES string of the molecule is Cc1c(CC(=O)NC[C@H]2CC[C@H](NC(=O)n3c(-c4ccnn4-c4ccc(C#N)cc4)c(C)n(-c4cccc(C(F)(F)F)c4)c3=O)CC2)cc(S(N)(=O)=O)c(C)c1C. The summed E-state index contributed by atoms with van der Waals surface area (Å²) < 4.78 is 68.9. The number of nitrogens with one attached hydrogen (secondary N) is 2. The highest BCUT2D eigenvalue weighted by molar-refractivity contribution is 7.89. The Morgan fingerprint density at radius 3 is 2.26 bits per heavy atom. The summed E-state index contributed by atoms with van der Waals surface area (Å²) in [6.45, 7) is 7.20. The number of carbonyl (C=O) groups is 2. The Morgan fingerprint density at radius 1 is 0.947 bits per heavy atom. The van der Waals surface area contributed by atoms with Gasteiger partial charge in [-0.2, -0.15) is 23.5 Å². The number of rotatable bonds is 9. The number of nitrogens with two attached hydrogens (primary N) is 1. The molecule has 2 amide bonds. The topological polar surface area (TPSA) is 187 Å². The molecule has 2 aromatic heterocycles. The van der Waals surface area contributed by atoms with Crippen LogP contribution in [-0.4, -0.2) is 51.9 Å². The Hall–Kier alpha value is -5.99. The first-order valence-corrected chi connectivity index (χ1v) is 19.7. The summed E-state index contributed by atoms with van der Waals surface area (Å²) >= 11 is 0. The smallest absolute Gasteiger partial charge is 0.356 e. The maximum absolute atomic E-state index is 14.2. The van der Waals surface area contributed by atoms with Crippen molar-refractivity contribution in [3.05, 3.63) is 116 Å². The standard InChI is InChI=1S/C40H41F3N8O5S/c1-23-24(2)29(18-35(25(23)3)57(45,55)56)19-36(52)46-22-28-8-12-31(13-9-28)48-38(53)50-37(34-16-17-47-51(34)32-14-10-27(21-44)11-15-32)26(4)49(39(50)54)33-7-5-6-30(20-33)40(41,42)43/h5-7,10-11,14-18,20,28,31H,8-9,12-13,19,22H2,1-4H3,(H,46,52)(H,48,53)(H2,45,55,56)/t28-,31-. The van der Waals surface area contributed by atoms with E-state index in [1.165, 1.54) is 36.0 Å². The second-order valence-corrected chi connectivity index (χ2v) is 15.9. The second-order valence-electron chi connectivity index (χ2n) is 14.3. The number of carbonyl (C=O) groups excluding carboxylic acids is 2. The zero-order chi connectivity index (χ0) is 41.4. The van der Waals surface area contributed by atoms with Crippen molar-refractivity contribution in [3.63, 3.8) is 0 Å². The van der Waals surface area contributed by atoms with Gasteiger partial charge in [0.25, 0.3) is 0 Å². The van der Waals surface area contributed by atoms with E-state index in [4.69, 9.17) is 5.14 Å². The van der Waals surface area contributed by atoms with Crippen molar-refractivity contribution >= 4 is 22.0 Å². The third kappa shape index (κ3) is 8.42. The van der Waals surface area contributed by atoms with Gasteiger partial charge in [-0.1, -0.05) is 6.07 Å². The minimum atomic E-state index is -4.68. The van der Waals surface area contributed by atoms with Crippen LogP contribution in [0.3, 0.4) is 0 Å². The molecule has 0 atom stereocenters. The lowest BCUT2D eigenvalue weighted by atomic mass is 9.86. The number of alkyl halides is 3. The van der Waals surface area contributed by atoms with Gasteiger partial charge >= 0.3 is 17.9 Å². The van der Waals surface area contributed by atoms with Crippen LogP contribution < -0.4 is 21.5 Å². The van der Waals surface area contributed by atoms with E-state index in [-0.39, 0.29) is 46.3 Å². The normalized spacial score (nSPS) is 15.9. The third-order valence-corrected chi connectivity index (χ3v) is 11.8. The molecule has 0 bridgehead atoms. The fraction of sp³-hybridized carbons (Fsp3) is 0.325. The minimum Gasteiger partial charge on any atom is -0.356 e. The molecule has 1 saturated carbocycles. The minimum absolute atomic E-state index is 0.0116. The van der Waals surface area contributed by atoms with Crippen LogP contribution in [0.5, 0.6) is 0 Å². The number of sulfonamides is 1. The number of benzene rings is 3. The van der Waals surface area contributed by atoms with Crippen LogP contribution in [-0.2, 0) is 27.4 Å². The summed E-state index contributed by atoms with van der Waals surface area (Å²) in [5, 5.41) is 25.0. The maximum Gasteiger partial charge on any atom is 0.416 e.